The number of phosphoric ester groups is 1. The summed E-state index contributed by atoms with van der Waals surface area (Å²) in [7, 11) is -4.39. The molecule has 3 N–H and O–H groups in total. The maximum atomic E-state index is 12.8. The maximum Gasteiger partial charge on any atom is 0.472 e. The molecule has 9 nitrogen and oxygen atoms in total. The largest absolute Gasteiger partial charge is 0.472 e. The van der Waals surface area contributed by atoms with E-state index < -0.39 is 26.5 Å². The van der Waals surface area contributed by atoms with Crippen LogP contribution < -0.4 is 5.73 Å². The highest BCUT2D eigenvalue weighted by atomic mass is 31.2. The summed E-state index contributed by atoms with van der Waals surface area (Å²) in [4.78, 5) is 35.4. The Kier molecular flexibility index (Phi) is 70.4. The summed E-state index contributed by atoms with van der Waals surface area (Å²) in [6.45, 7) is 3.70. The molecule has 10 heteroatoms. The fourth-order valence-electron chi connectivity index (χ4n) is 11.1. The lowest BCUT2D eigenvalue weighted by Gasteiger charge is -2.19. The first-order valence-electron chi connectivity index (χ1n) is 37.4. The summed E-state index contributed by atoms with van der Waals surface area (Å²) >= 11 is 0. The lowest BCUT2D eigenvalue weighted by molar-refractivity contribution is -0.161. The van der Waals surface area contributed by atoms with Gasteiger partial charge in [-0.25, -0.2) is 4.57 Å². The second-order valence-electron chi connectivity index (χ2n) is 25.1. The van der Waals surface area contributed by atoms with Crippen molar-refractivity contribution in [3.63, 3.8) is 0 Å². The van der Waals surface area contributed by atoms with Crippen LogP contribution in [0.1, 0.15) is 373 Å². The molecular formula is C77H142NO8P. The summed E-state index contributed by atoms with van der Waals surface area (Å²) in [5, 5.41) is 0. The summed E-state index contributed by atoms with van der Waals surface area (Å²) in [6.07, 6.45) is 95.9. The Morgan fingerprint density at radius 3 is 0.943 bits per heavy atom. The van der Waals surface area contributed by atoms with Gasteiger partial charge in [-0.05, 0) is 64.2 Å². The Bertz CT molecular complexity index is 1660. The number of ether oxygens (including phenoxy) is 2. The highest BCUT2D eigenvalue weighted by Gasteiger charge is 2.26. The van der Waals surface area contributed by atoms with Crippen LogP contribution in [0.5, 0.6) is 0 Å². The van der Waals surface area contributed by atoms with Gasteiger partial charge < -0.3 is 20.1 Å². The summed E-state index contributed by atoms with van der Waals surface area (Å²) in [5.74, 6) is -0.809. The van der Waals surface area contributed by atoms with Crippen molar-refractivity contribution in [2.45, 2.75) is 380 Å². The molecule has 0 aliphatic rings. The number of esters is 2. The van der Waals surface area contributed by atoms with Crippen LogP contribution in [0.3, 0.4) is 0 Å². The molecule has 0 amide bonds. The standard InChI is InChI=1S/C77H142NO8P/c1-3-5-7-9-11-13-15-17-19-21-23-25-27-29-31-33-35-36-37-38-40-42-44-46-48-50-52-54-56-58-60-62-64-66-68-70-77(80)86-75(74-85-87(81,82)84-72-71-78)73-83-76(79)69-67-65-63-61-59-57-55-53-51-49-47-45-43-41-39-34-32-30-28-26-24-22-20-18-16-14-12-10-8-6-4-2/h5,7,11,13,17,19,23,25,29,31,35-36,75H,3-4,6,8-10,12,14-16,18,20-22,24,26-28,30,32-34,37-74,78H2,1-2H3,(H,81,82)/b7-5-,13-11-,19-17-,25-23-,31-29-,36-35-. The zero-order chi connectivity index (χ0) is 63.0. The van der Waals surface area contributed by atoms with Crippen LogP contribution in [0.2, 0.25) is 0 Å². The third-order valence-corrected chi connectivity index (χ3v) is 17.6. The van der Waals surface area contributed by atoms with Crippen molar-refractivity contribution < 1.29 is 37.6 Å². The average Bonchev–Trinajstić information content (AvgIpc) is 3.64. The van der Waals surface area contributed by atoms with E-state index >= 15 is 0 Å². The second kappa shape index (κ2) is 72.5. The van der Waals surface area contributed by atoms with Gasteiger partial charge in [-0.3, -0.25) is 18.6 Å². The number of unbranched alkanes of at least 4 members (excludes halogenated alkanes) is 46. The van der Waals surface area contributed by atoms with Crippen LogP contribution in [0, 0.1) is 0 Å². The van der Waals surface area contributed by atoms with Gasteiger partial charge >= 0.3 is 19.8 Å². The Morgan fingerprint density at radius 2 is 0.632 bits per heavy atom. The van der Waals surface area contributed by atoms with E-state index in [1.165, 1.54) is 263 Å². The van der Waals surface area contributed by atoms with Crippen molar-refractivity contribution in [1.82, 2.24) is 0 Å². The Hall–Kier alpha value is -2.55. The first-order chi connectivity index (χ1) is 42.8. The van der Waals surface area contributed by atoms with Crippen molar-refractivity contribution in [3.8, 4) is 0 Å². The van der Waals surface area contributed by atoms with E-state index in [4.69, 9.17) is 24.3 Å². The number of hydrogen-bond acceptors (Lipinski definition) is 8. The third-order valence-electron chi connectivity index (χ3n) is 16.6. The zero-order valence-electron chi connectivity index (χ0n) is 57.3. The maximum absolute atomic E-state index is 12.8. The molecule has 0 radical (unpaired) electrons. The average molecular weight is 1240 g/mol. The van der Waals surface area contributed by atoms with Gasteiger partial charge in [0, 0.05) is 19.4 Å². The van der Waals surface area contributed by atoms with Crippen LogP contribution in [-0.2, 0) is 32.7 Å². The minimum absolute atomic E-state index is 0.0540. The number of phosphoric acid groups is 1. The smallest absolute Gasteiger partial charge is 0.462 e. The molecule has 508 valence electrons. The number of hydrogen-bond donors (Lipinski definition) is 2. The van der Waals surface area contributed by atoms with E-state index in [2.05, 4.69) is 86.8 Å². The molecule has 0 saturated heterocycles. The van der Waals surface area contributed by atoms with E-state index in [0.717, 1.165) is 77.0 Å². The summed E-state index contributed by atoms with van der Waals surface area (Å²) in [5.41, 5.74) is 5.41. The van der Waals surface area contributed by atoms with E-state index in [0.29, 0.717) is 6.42 Å². The number of carbonyl (C=O) groups excluding carboxylic acids is 2. The van der Waals surface area contributed by atoms with Crippen LogP contribution in [0.25, 0.3) is 0 Å². The topological polar surface area (TPSA) is 134 Å². The number of allylic oxidation sites excluding steroid dienone is 12. The van der Waals surface area contributed by atoms with E-state index in [1.807, 2.05) is 0 Å². The molecule has 0 rings (SSSR count). The number of nitrogens with two attached hydrogens (primary N) is 1. The van der Waals surface area contributed by atoms with Crippen molar-refractivity contribution in [3.05, 3.63) is 72.9 Å². The number of rotatable bonds is 71. The molecule has 87 heavy (non-hydrogen) atoms. The first-order valence-corrected chi connectivity index (χ1v) is 38.9. The van der Waals surface area contributed by atoms with Gasteiger partial charge in [0.05, 0.1) is 13.2 Å². The van der Waals surface area contributed by atoms with Crippen molar-refractivity contribution in [2.24, 2.45) is 5.73 Å². The monoisotopic (exact) mass is 1240 g/mol. The molecule has 0 heterocycles. The van der Waals surface area contributed by atoms with Crippen LogP contribution in [-0.4, -0.2) is 49.3 Å². The van der Waals surface area contributed by atoms with Gasteiger partial charge in [-0.1, -0.05) is 369 Å². The molecule has 0 aromatic heterocycles. The Morgan fingerprint density at radius 1 is 0.356 bits per heavy atom. The first kappa shape index (κ1) is 84.5. The molecule has 0 bridgehead atoms. The van der Waals surface area contributed by atoms with Gasteiger partial charge in [0.25, 0.3) is 0 Å². The van der Waals surface area contributed by atoms with Crippen LogP contribution in [0.15, 0.2) is 72.9 Å². The van der Waals surface area contributed by atoms with Crippen LogP contribution in [0.4, 0.5) is 0 Å². The zero-order valence-corrected chi connectivity index (χ0v) is 58.2. The van der Waals surface area contributed by atoms with E-state index in [9.17, 15) is 19.0 Å². The molecule has 0 saturated carbocycles. The molecule has 0 fully saturated rings. The number of carbonyl (C=O) groups is 2. The molecule has 2 unspecified atom stereocenters. The third kappa shape index (κ3) is 72.4. The molecule has 0 spiro atoms. The Labute approximate surface area is 539 Å². The van der Waals surface area contributed by atoms with E-state index in [1.54, 1.807) is 0 Å². The molecule has 0 aromatic rings. The van der Waals surface area contributed by atoms with E-state index in [-0.39, 0.29) is 38.6 Å². The van der Waals surface area contributed by atoms with Gasteiger partial charge in [0.1, 0.15) is 6.61 Å². The van der Waals surface area contributed by atoms with Gasteiger partial charge in [-0.2, -0.15) is 0 Å². The fourth-order valence-corrected chi connectivity index (χ4v) is 11.9. The molecular weight excluding hydrogens is 1100 g/mol. The highest BCUT2D eigenvalue weighted by Crippen LogP contribution is 2.43. The van der Waals surface area contributed by atoms with Gasteiger partial charge in [0.15, 0.2) is 6.10 Å². The summed E-state index contributed by atoms with van der Waals surface area (Å²) in [6, 6.07) is 0. The minimum Gasteiger partial charge on any atom is -0.462 e. The highest BCUT2D eigenvalue weighted by molar-refractivity contribution is 7.47. The predicted molar refractivity (Wildman–Crippen MR) is 376 cm³/mol. The van der Waals surface area contributed by atoms with Gasteiger partial charge in [-0.15, -0.1) is 0 Å². The lowest BCUT2D eigenvalue weighted by Crippen LogP contribution is -2.29. The normalized spacial score (nSPS) is 13.3. The summed E-state index contributed by atoms with van der Waals surface area (Å²) < 4.78 is 33.2. The minimum atomic E-state index is -4.39. The molecule has 0 aliphatic heterocycles. The SMILES string of the molecule is CC/C=C\C/C=C\C/C=C\C/C=C\C/C=C\C/C=C\CCCCCCCCCCCCCCCCCCC(=O)OC(COC(=O)CCCCCCCCCCCCCCCCCCCCCCCCCCCCCCCCC)COP(=O)(O)OCCN. The predicted octanol–water partition coefficient (Wildman–Crippen LogP) is 24.8. The molecule has 0 aromatic carbocycles. The second-order valence-corrected chi connectivity index (χ2v) is 26.6. The van der Waals surface area contributed by atoms with Crippen molar-refractivity contribution in [2.75, 3.05) is 26.4 Å². The Balaban J connectivity index is 3.82. The van der Waals surface area contributed by atoms with Crippen molar-refractivity contribution >= 4 is 19.8 Å². The van der Waals surface area contributed by atoms with Crippen LogP contribution >= 0.6 is 7.82 Å². The van der Waals surface area contributed by atoms with Gasteiger partial charge in [0.2, 0.25) is 0 Å². The molecule has 0 aliphatic carbocycles. The molecule has 2 atom stereocenters. The van der Waals surface area contributed by atoms with Crippen molar-refractivity contribution in [1.29, 1.82) is 0 Å². The lowest BCUT2D eigenvalue weighted by atomic mass is 10.0. The quantitative estimate of drug-likeness (QED) is 0.0264. The fraction of sp³-hybridized carbons (Fsp3) is 0.818.